The maximum absolute atomic E-state index is 11.9. The van der Waals surface area contributed by atoms with Gasteiger partial charge in [0.1, 0.15) is 0 Å². The van der Waals surface area contributed by atoms with Crippen molar-refractivity contribution >= 4 is 52.7 Å². The van der Waals surface area contributed by atoms with E-state index in [1.165, 1.54) is 0 Å². The lowest BCUT2D eigenvalue weighted by atomic mass is 10.0. The maximum Gasteiger partial charge on any atom is 0.303 e. The number of carbonyl (C=O) groups is 5. The molecule has 0 aliphatic carbocycles. The standard InChI is InChI=1S/C13H16Cl2O8/c1-6(16)21-11(9(19)4-14)13(23-8(3)18)12(10(20)5-15)22-7(2)17/h11-13H,4-5H2,1-3H3/t11-,12+,13?. The summed E-state index contributed by atoms with van der Waals surface area (Å²) in [4.78, 5) is 57.4. The number of esters is 3. The van der Waals surface area contributed by atoms with Crippen LogP contribution in [0.3, 0.4) is 0 Å². The van der Waals surface area contributed by atoms with Gasteiger partial charge in [0.05, 0.1) is 11.8 Å². The van der Waals surface area contributed by atoms with E-state index < -0.39 is 59.5 Å². The molecular formula is C13H16Cl2O8. The molecule has 0 aliphatic heterocycles. The Morgan fingerprint density at radius 3 is 1.22 bits per heavy atom. The minimum absolute atomic E-state index is 0.586. The molecule has 0 aromatic rings. The first-order chi connectivity index (χ1) is 10.6. The number of ketones is 2. The largest absolute Gasteiger partial charge is 0.454 e. The normalized spacial score (nSPS) is 14.1. The van der Waals surface area contributed by atoms with Crippen molar-refractivity contribution in [3.63, 3.8) is 0 Å². The fourth-order valence-corrected chi connectivity index (χ4v) is 1.92. The summed E-state index contributed by atoms with van der Waals surface area (Å²) in [6.07, 6.45) is -5.13. The first kappa shape index (κ1) is 21.3. The number of hydrogen-bond donors (Lipinski definition) is 0. The van der Waals surface area contributed by atoms with E-state index in [9.17, 15) is 24.0 Å². The van der Waals surface area contributed by atoms with Crippen LogP contribution < -0.4 is 0 Å². The summed E-state index contributed by atoms with van der Waals surface area (Å²) < 4.78 is 14.4. The fraction of sp³-hybridized carbons (Fsp3) is 0.615. The monoisotopic (exact) mass is 370 g/mol. The molecule has 0 aliphatic rings. The van der Waals surface area contributed by atoms with Crippen molar-refractivity contribution in [3.8, 4) is 0 Å². The molecule has 0 spiro atoms. The highest BCUT2D eigenvalue weighted by molar-refractivity contribution is 6.29. The number of alkyl halides is 2. The first-order valence-corrected chi connectivity index (χ1v) is 7.39. The van der Waals surface area contributed by atoms with E-state index in [-0.39, 0.29) is 0 Å². The van der Waals surface area contributed by atoms with Crippen molar-refractivity contribution in [2.45, 2.75) is 39.1 Å². The highest BCUT2D eigenvalue weighted by Crippen LogP contribution is 2.17. The van der Waals surface area contributed by atoms with Crippen molar-refractivity contribution in [1.82, 2.24) is 0 Å². The van der Waals surface area contributed by atoms with Crippen LogP contribution in [0.5, 0.6) is 0 Å². The van der Waals surface area contributed by atoms with Gasteiger partial charge >= 0.3 is 17.9 Å². The quantitative estimate of drug-likeness (QED) is 0.325. The molecule has 3 atom stereocenters. The smallest absolute Gasteiger partial charge is 0.303 e. The minimum atomic E-state index is -1.72. The van der Waals surface area contributed by atoms with E-state index in [1.54, 1.807) is 0 Å². The molecule has 0 heterocycles. The van der Waals surface area contributed by atoms with E-state index in [2.05, 4.69) is 0 Å². The summed E-state index contributed by atoms with van der Waals surface area (Å²) in [5, 5.41) is 0. The zero-order chi connectivity index (χ0) is 18.2. The van der Waals surface area contributed by atoms with Crippen molar-refractivity contribution < 1.29 is 38.2 Å². The number of rotatable bonds is 9. The van der Waals surface area contributed by atoms with Gasteiger partial charge in [-0.1, -0.05) is 0 Å². The van der Waals surface area contributed by atoms with Gasteiger partial charge in [-0.05, 0) is 0 Å². The lowest BCUT2D eigenvalue weighted by Gasteiger charge is -2.29. The number of ether oxygens (including phenoxy) is 3. The second-order valence-electron chi connectivity index (χ2n) is 4.33. The third-order valence-corrected chi connectivity index (χ3v) is 2.91. The molecular weight excluding hydrogens is 355 g/mol. The number of carbonyl (C=O) groups excluding carboxylic acids is 5. The Balaban J connectivity index is 5.82. The van der Waals surface area contributed by atoms with Gasteiger partial charge in [-0.25, -0.2) is 0 Å². The van der Waals surface area contributed by atoms with E-state index in [0.717, 1.165) is 20.8 Å². The lowest BCUT2D eigenvalue weighted by Crippen LogP contribution is -2.52. The van der Waals surface area contributed by atoms with Crippen molar-refractivity contribution in [2.75, 3.05) is 11.8 Å². The molecule has 8 nitrogen and oxygen atoms in total. The Labute approximate surface area is 142 Å². The van der Waals surface area contributed by atoms with Gasteiger partial charge in [-0.15, -0.1) is 23.2 Å². The van der Waals surface area contributed by atoms with Crippen LogP contribution in [0.25, 0.3) is 0 Å². The predicted molar refractivity (Wildman–Crippen MR) is 78.1 cm³/mol. The van der Waals surface area contributed by atoms with Gasteiger partial charge in [0, 0.05) is 20.8 Å². The molecule has 0 radical (unpaired) electrons. The molecule has 0 rings (SSSR count). The van der Waals surface area contributed by atoms with E-state index >= 15 is 0 Å². The number of halogens is 2. The van der Waals surface area contributed by atoms with E-state index in [4.69, 9.17) is 37.4 Å². The third kappa shape index (κ3) is 7.43. The molecule has 10 heteroatoms. The lowest BCUT2D eigenvalue weighted by molar-refractivity contribution is -0.186. The SMILES string of the molecule is CC(=O)OC([C@H](OC(C)=O)C(=O)CCl)[C@@H](OC(C)=O)C(=O)CCl. The van der Waals surface area contributed by atoms with Gasteiger partial charge in [0.25, 0.3) is 0 Å². The van der Waals surface area contributed by atoms with Crippen LogP contribution >= 0.6 is 23.2 Å². The summed E-state index contributed by atoms with van der Waals surface area (Å²) in [7, 11) is 0. The Morgan fingerprint density at radius 2 is 1.00 bits per heavy atom. The van der Waals surface area contributed by atoms with Crippen LogP contribution in [0, 0.1) is 0 Å². The Hall–Kier alpha value is -1.67. The molecule has 0 saturated carbocycles. The van der Waals surface area contributed by atoms with Crippen molar-refractivity contribution in [1.29, 1.82) is 0 Å². The molecule has 0 aromatic heterocycles. The van der Waals surface area contributed by atoms with Crippen LogP contribution in [0.1, 0.15) is 20.8 Å². The zero-order valence-electron chi connectivity index (χ0n) is 12.7. The first-order valence-electron chi connectivity index (χ1n) is 6.33. The van der Waals surface area contributed by atoms with Crippen LogP contribution in [-0.4, -0.2) is 59.5 Å². The van der Waals surface area contributed by atoms with Gasteiger partial charge in [-0.2, -0.15) is 0 Å². The second-order valence-corrected chi connectivity index (χ2v) is 4.87. The summed E-state index contributed by atoms with van der Waals surface area (Å²) in [6.45, 7) is 3.01. The molecule has 0 fully saturated rings. The summed E-state index contributed by atoms with van der Waals surface area (Å²) in [5.41, 5.74) is 0. The van der Waals surface area contributed by atoms with Crippen LogP contribution in [0.2, 0.25) is 0 Å². The van der Waals surface area contributed by atoms with E-state index in [0.29, 0.717) is 0 Å². The van der Waals surface area contributed by atoms with Gasteiger partial charge in [-0.3, -0.25) is 24.0 Å². The van der Waals surface area contributed by atoms with Crippen LogP contribution in [0.4, 0.5) is 0 Å². The fourth-order valence-electron chi connectivity index (χ4n) is 1.62. The highest BCUT2D eigenvalue weighted by Gasteiger charge is 2.44. The van der Waals surface area contributed by atoms with Crippen LogP contribution in [0.15, 0.2) is 0 Å². The predicted octanol–water partition coefficient (Wildman–Crippen LogP) is 0.397. The zero-order valence-corrected chi connectivity index (χ0v) is 14.2. The van der Waals surface area contributed by atoms with Gasteiger partial charge < -0.3 is 14.2 Å². The minimum Gasteiger partial charge on any atom is -0.454 e. The second kappa shape index (κ2) is 10.2. The van der Waals surface area contributed by atoms with Crippen molar-refractivity contribution in [3.05, 3.63) is 0 Å². The average molecular weight is 371 g/mol. The summed E-state index contributed by atoms with van der Waals surface area (Å²) >= 11 is 10.9. The molecule has 0 amide bonds. The molecule has 0 saturated heterocycles. The molecule has 130 valence electrons. The molecule has 0 N–H and O–H groups in total. The summed E-state index contributed by atoms with van der Waals surface area (Å²) in [5.74, 6) is -5.51. The topological polar surface area (TPSA) is 113 Å². The molecule has 0 bridgehead atoms. The molecule has 23 heavy (non-hydrogen) atoms. The molecule has 1 unspecified atom stereocenters. The van der Waals surface area contributed by atoms with Crippen molar-refractivity contribution in [2.24, 2.45) is 0 Å². The maximum atomic E-state index is 11.9. The van der Waals surface area contributed by atoms with E-state index in [1.807, 2.05) is 0 Å². The highest BCUT2D eigenvalue weighted by atomic mass is 35.5. The molecule has 0 aromatic carbocycles. The Morgan fingerprint density at radius 1 is 0.696 bits per heavy atom. The number of hydrogen-bond acceptors (Lipinski definition) is 8. The Bertz CT molecular complexity index is 454. The van der Waals surface area contributed by atoms with Gasteiger partial charge in [0.15, 0.2) is 17.7 Å². The Kier molecular flexibility index (Phi) is 9.43. The average Bonchev–Trinajstić information content (AvgIpc) is 2.46. The van der Waals surface area contributed by atoms with Gasteiger partial charge in [0.2, 0.25) is 12.2 Å². The van der Waals surface area contributed by atoms with Crippen LogP contribution in [-0.2, 0) is 38.2 Å². The summed E-state index contributed by atoms with van der Waals surface area (Å²) in [6, 6.07) is 0. The number of Topliss-reactive ketones (excluding diaryl/α,β-unsaturated/α-hetero) is 2. The third-order valence-electron chi connectivity index (χ3n) is 2.38.